The highest BCUT2D eigenvalue weighted by Gasteiger charge is 2.04. The van der Waals surface area contributed by atoms with Gasteiger partial charge in [-0.15, -0.1) is 0 Å². The highest BCUT2D eigenvalue weighted by Crippen LogP contribution is 2.13. The maximum atomic E-state index is 4.47. The summed E-state index contributed by atoms with van der Waals surface area (Å²) in [6.45, 7) is 6.73. The summed E-state index contributed by atoms with van der Waals surface area (Å²) in [5.41, 5.74) is 0. The zero-order valence-corrected chi connectivity index (χ0v) is 13.2. The summed E-state index contributed by atoms with van der Waals surface area (Å²) in [6.07, 6.45) is 17.7. The number of imidazole rings is 1. The molecule has 1 rings (SSSR count). The molecule has 1 heterocycles. The predicted molar refractivity (Wildman–Crippen MR) is 83.5 cm³/mol. The fraction of sp³-hybridized carbons (Fsp3) is 0.824. The first-order valence-corrected chi connectivity index (χ1v) is 8.27. The fourth-order valence-electron chi connectivity index (χ4n) is 2.60. The van der Waals surface area contributed by atoms with E-state index in [0.717, 1.165) is 6.42 Å². The summed E-state index contributed by atoms with van der Waals surface area (Å²) in [5, 5.41) is 0. The van der Waals surface area contributed by atoms with Crippen LogP contribution in [0, 0.1) is 0 Å². The third kappa shape index (κ3) is 6.79. The summed E-state index contributed by atoms with van der Waals surface area (Å²) in [5.74, 6) is 1.26. The summed E-state index contributed by atoms with van der Waals surface area (Å²) >= 11 is 0. The molecule has 0 unspecified atom stereocenters. The van der Waals surface area contributed by atoms with Crippen LogP contribution in [-0.4, -0.2) is 9.55 Å². The van der Waals surface area contributed by atoms with Crippen molar-refractivity contribution >= 4 is 0 Å². The van der Waals surface area contributed by atoms with Gasteiger partial charge in [0.25, 0.3) is 0 Å². The Morgan fingerprint density at radius 2 is 1.53 bits per heavy atom. The second-order valence-electron chi connectivity index (χ2n) is 5.92. The minimum atomic E-state index is 0.538. The summed E-state index contributed by atoms with van der Waals surface area (Å²) in [4.78, 5) is 4.47. The van der Waals surface area contributed by atoms with Crippen molar-refractivity contribution in [2.24, 2.45) is 0 Å². The van der Waals surface area contributed by atoms with Crippen molar-refractivity contribution in [1.82, 2.24) is 9.55 Å². The average Bonchev–Trinajstić information content (AvgIpc) is 2.85. The number of unbranched alkanes of at least 4 members (excludes halogenated alkanes) is 8. The molecule has 0 spiro atoms. The van der Waals surface area contributed by atoms with Crippen molar-refractivity contribution in [2.45, 2.75) is 91.0 Å². The van der Waals surface area contributed by atoms with Gasteiger partial charge in [-0.1, -0.05) is 58.3 Å². The molecule has 0 aliphatic heterocycles. The van der Waals surface area contributed by atoms with Gasteiger partial charge in [0, 0.05) is 24.9 Å². The van der Waals surface area contributed by atoms with E-state index in [-0.39, 0.29) is 0 Å². The maximum absolute atomic E-state index is 4.47. The van der Waals surface area contributed by atoms with E-state index in [1.54, 1.807) is 0 Å². The highest BCUT2D eigenvalue weighted by atomic mass is 15.1. The van der Waals surface area contributed by atoms with Crippen LogP contribution in [0.15, 0.2) is 12.4 Å². The van der Waals surface area contributed by atoms with Crippen LogP contribution in [0.2, 0.25) is 0 Å². The lowest BCUT2D eigenvalue weighted by molar-refractivity contribution is 0.536. The normalized spacial score (nSPS) is 11.4. The van der Waals surface area contributed by atoms with Gasteiger partial charge in [-0.3, -0.25) is 0 Å². The molecule has 110 valence electrons. The summed E-state index contributed by atoms with van der Waals surface area (Å²) in [7, 11) is 0. The summed E-state index contributed by atoms with van der Waals surface area (Å²) in [6, 6.07) is 0.538. The standard InChI is InChI=1S/C17H32N2/c1-4-5-6-7-8-9-10-11-12-13-17-18-14-15-19(17)16(2)3/h14-16H,4-13H2,1-3H3. The van der Waals surface area contributed by atoms with Crippen LogP contribution < -0.4 is 0 Å². The molecule has 0 aromatic carbocycles. The Bertz CT molecular complexity index is 315. The number of nitrogens with zero attached hydrogens (tertiary/aromatic N) is 2. The molecule has 2 nitrogen and oxygen atoms in total. The van der Waals surface area contributed by atoms with E-state index in [2.05, 4.69) is 36.5 Å². The Morgan fingerprint density at radius 3 is 2.11 bits per heavy atom. The van der Waals surface area contributed by atoms with Crippen molar-refractivity contribution < 1.29 is 0 Å². The molecule has 0 saturated carbocycles. The molecule has 0 radical (unpaired) electrons. The molecule has 0 fully saturated rings. The lowest BCUT2D eigenvalue weighted by Crippen LogP contribution is -2.05. The molecular weight excluding hydrogens is 232 g/mol. The second kappa shape index (κ2) is 10.1. The Labute approximate surface area is 119 Å². The van der Waals surface area contributed by atoms with Gasteiger partial charge in [-0.25, -0.2) is 4.98 Å². The van der Waals surface area contributed by atoms with Crippen molar-refractivity contribution in [3.8, 4) is 0 Å². The van der Waals surface area contributed by atoms with Gasteiger partial charge in [0.15, 0.2) is 0 Å². The molecule has 0 aliphatic rings. The van der Waals surface area contributed by atoms with Crippen LogP contribution in [0.25, 0.3) is 0 Å². The zero-order chi connectivity index (χ0) is 13.9. The van der Waals surface area contributed by atoms with Gasteiger partial charge in [-0.2, -0.15) is 0 Å². The topological polar surface area (TPSA) is 17.8 Å². The predicted octanol–water partition coefficient (Wildman–Crippen LogP) is 5.54. The van der Waals surface area contributed by atoms with E-state index in [1.165, 1.54) is 63.6 Å². The van der Waals surface area contributed by atoms with Crippen LogP contribution in [0.4, 0.5) is 0 Å². The number of aryl methyl sites for hydroxylation is 1. The third-order valence-electron chi connectivity index (χ3n) is 3.81. The van der Waals surface area contributed by atoms with Crippen molar-refractivity contribution in [3.05, 3.63) is 18.2 Å². The van der Waals surface area contributed by atoms with Gasteiger partial charge in [-0.05, 0) is 20.3 Å². The molecule has 0 saturated heterocycles. The van der Waals surface area contributed by atoms with Gasteiger partial charge in [0.05, 0.1) is 0 Å². The van der Waals surface area contributed by atoms with Crippen LogP contribution in [0.1, 0.15) is 90.4 Å². The smallest absolute Gasteiger partial charge is 0.108 e. The number of rotatable bonds is 11. The average molecular weight is 264 g/mol. The van der Waals surface area contributed by atoms with Crippen molar-refractivity contribution in [1.29, 1.82) is 0 Å². The quantitative estimate of drug-likeness (QED) is 0.480. The molecule has 0 amide bonds. The lowest BCUT2D eigenvalue weighted by atomic mass is 10.1. The van der Waals surface area contributed by atoms with Crippen LogP contribution in [0.3, 0.4) is 0 Å². The Balaban J connectivity index is 2.00. The van der Waals surface area contributed by atoms with Crippen LogP contribution in [-0.2, 0) is 6.42 Å². The maximum Gasteiger partial charge on any atom is 0.108 e. The lowest BCUT2D eigenvalue weighted by Gasteiger charge is -2.11. The molecule has 0 N–H and O–H groups in total. The number of aromatic nitrogens is 2. The van der Waals surface area contributed by atoms with E-state index in [1.807, 2.05) is 6.20 Å². The molecule has 2 heteroatoms. The van der Waals surface area contributed by atoms with Crippen molar-refractivity contribution in [2.75, 3.05) is 0 Å². The molecule has 1 aromatic rings. The van der Waals surface area contributed by atoms with Crippen molar-refractivity contribution in [3.63, 3.8) is 0 Å². The number of hydrogen-bond donors (Lipinski definition) is 0. The van der Waals surface area contributed by atoms with Gasteiger partial charge >= 0.3 is 0 Å². The molecule has 19 heavy (non-hydrogen) atoms. The fourth-order valence-corrected chi connectivity index (χ4v) is 2.60. The van der Waals surface area contributed by atoms with Gasteiger partial charge in [0.2, 0.25) is 0 Å². The molecule has 0 bridgehead atoms. The van der Waals surface area contributed by atoms with E-state index in [9.17, 15) is 0 Å². The van der Waals surface area contributed by atoms with Gasteiger partial charge in [0.1, 0.15) is 5.82 Å². The first kappa shape index (κ1) is 16.3. The highest BCUT2D eigenvalue weighted by molar-refractivity contribution is 4.94. The zero-order valence-electron chi connectivity index (χ0n) is 13.2. The Morgan fingerprint density at radius 1 is 0.947 bits per heavy atom. The Hall–Kier alpha value is -0.790. The minimum Gasteiger partial charge on any atom is -0.332 e. The van der Waals surface area contributed by atoms with Gasteiger partial charge < -0.3 is 4.57 Å². The Kier molecular flexibility index (Phi) is 8.61. The third-order valence-corrected chi connectivity index (χ3v) is 3.81. The monoisotopic (exact) mass is 264 g/mol. The molecule has 0 atom stereocenters. The van der Waals surface area contributed by atoms with Crippen LogP contribution in [0.5, 0.6) is 0 Å². The van der Waals surface area contributed by atoms with Crippen LogP contribution >= 0.6 is 0 Å². The SMILES string of the molecule is CCCCCCCCCCCc1nccn1C(C)C. The number of hydrogen-bond acceptors (Lipinski definition) is 1. The van der Waals surface area contributed by atoms with E-state index < -0.39 is 0 Å². The van der Waals surface area contributed by atoms with E-state index in [4.69, 9.17) is 0 Å². The molecule has 0 aliphatic carbocycles. The molecule has 1 aromatic heterocycles. The largest absolute Gasteiger partial charge is 0.332 e. The van der Waals surface area contributed by atoms with E-state index in [0.29, 0.717) is 6.04 Å². The van der Waals surface area contributed by atoms with E-state index >= 15 is 0 Å². The molecular formula is C17H32N2. The minimum absolute atomic E-state index is 0.538. The summed E-state index contributed by atoms with van der Waals surface area (Å²) < 4.78 is 2.30. The first-order chi connectivity index (χ1) is 9.25. The first-order valence-electron chi connectivity index (χ1n) is 8.27. The second-order valence-corrected chi connectivity index (χ2v) is 5.92.